The number of fused-ring (bicyclic) bond motifs is 3. The van der Waals surface area contributed by atoms with E-state index in [1.807, 2.05) is 24.3 Å². The van der Waals surface area contributed by atoms with Crippen LogP contribution in [0, 0.1) is 0 Å². The Balaban J connectivity index is 1.31. The Kier molecular flexibility index (Phi) is 6.93. The molecule has 0 spiro atoms. The molecule has 2 aliphatic rings. The number of benzene rings is 2. The van der Waals surface area contributed by atoms with Crippen LogP contribution in [-0.4, -0.2) is 66.4 Å². The molecule has 1 saturated heterocycles. The van der Waals surface area contributed by atoms with E-state index in [2.05, 4.69) is 29.6 Å². The van der Waals surface area contributed by atoms with Crippen molar-refractivity contribution in [3.8, 4) is 11.1 Å². The average molecular weight is 453 g/mol. The molecule has 2 N–H and O–H groups in total. The fourth-order valence-corrected chi connectivity index (χ4v) is 4.63. The van der Waals surface area contributed by atoms with Crippen LogP contribution in [-0.2, 0) is 19.1 Å². The molecule has 2 unspecified atom stereocenters. The molecule has 8 nitrogen and oxygen atoms in total. The minimum absolute atomic E-state index is 0.0368. The first-order valence-electron chi connectivity index (χ1n) is 11.1. The Labute approximate surface area is 192 Å². The van der Waals surface area contributed by atoms with Crippen molar-refractivity contribution in [2.24, 2.45) is 0 Å². The number of carbonyl (C=O) groups is 3. The molecule has 2 aromatic carbocycles. The summed E-state index contributed by atoms with van der Waals surface area (Å²) in [5.74, 6) is -1.23. The topological polar surface area (TPSA) is 105 Å². The van der Waals surface area contributed by atoms with E-state index in [-0.39, 0.29) is 37.9 Å². The maximum Gasteiger partial charge on any atom is 0.407 e. The number of morpholine rings is 1. The van der Waals surface area contributed by atoms with Crippen molar-refractivity contribution in [3.63, 3.8) is 0 Å². The number of nitrogens with one attached hydrogen (secondary N) is 1. The summed E-state index contributed by atoms with van der Waals surface area (Å²) < 4.78 is 10.9. The van der Waals surface area contributed by atoms with Gasteiger partial charge in [0.25, 0.3) is 0 Å². The lowest BCUT2D eigenvalue weighted by Gasteiger charge is -2.35. The van der Waals surface area contributed by atoms with E-state index in [1.54, 1.807) is 6.92 Å². The summed E-state index contributed by atoms with van der Waals surface area (Å²) in [4.78, 5) is 37.8. The van der Waals surface area contributed by atoms with Crippen molar-refractivity contribution in [2.75, 3.05) is 26.4 Å². The molecular formula is C25H28N2O6. The van der Waals surface area contributed by atoms with Crippen LogP contribution in [0.15, 0.2) is 48.5 Å². The maximum atomic E-state index is 12.7. The highest BCUT2D eigenvalue weighted by atomic mass is 16.5. The molecule has 33 heavy (non-hydrogen) atoms. The van der Waals surface area contributed by atoms with Gasteiger partial charge in [-0.15, -0.1) is 0 Å². The Morgan fingerprint density at radius 2 is 1.76 bits per heavy atom. The van der Waals surface area contributed by atoms with Crippen LogP contribution in [0.1, 0.15) is 36.8 Å². The summed E-state index contributed by atoms with van der Waals surface area (Å²) in [6.07, 6.45) is -0.693. The fourth-order valence-electron chi connectivity index (χ4n) is 4.63. The van der Waals surface area contributed by atoms with Gasteiger partial charge < -0.3 is 24.8 Å². The lowest BCUT2D eigenvalue weighted by molar-refractivity contribution is -0.146. The third-order valence-electron chi connectivity index (χ3n) is 6.15. The van der Waals surface area contributed by atoms with E-state index in [9.17, 15) is 14.4 Å². The van der Waals surface area contributed by atoms with E-state index in [1.165, 1.54) is 4.90 Å². The molecule has 1 aliphatic carbocycles. The molecule has 0 saturated carbocycles. The van der Waals surface area contributed by atoms with Gasteiger partial charge in [-0.1, -0.05) is 48.5 Å². The molecule has 0 aromatic heterocycles. The van der Waals surface area contributed by atoms with E-state index in [0.717, 1.165) is 22.3 Å². The summed E-state index contributed by atoms with van der Waals surface area (Å²) in [7, 11) is 0. The van der Waals surface area contributed by atoms with Gasteiger partial charge in [-0.2, -0.15) is 0 Å². The number of carbonyl (C=O) groups excluding carboxylic acids is 2. The van der Waals surface area contributed by atoms with Gasteiger partial charge >= 0.3 is 12.1 Å². The minimum Gasteiger partial charge on any atom is -0.481 e. The quantitative estimate of drug-likeness (QED) is 0.669. The van der Waals surface area contributed by atoms with E-state index in [4.69, 9.17) is 14.6 Å². The Morgan fingerprint density at radius 1 is 1.12 bits per heavy atom. The van der Waals surface area contributed by atoms with Crippen LogP contribution in [0.5, 0.6) is 0 Å². The second kappa shape index (κ2) is 10.0. The molecule has 4 rings (SSSR count). The van der Waals surface area contributed by atoms with Gasteiger partial charge in [0.05, 0.1) is 25.7 Å². The van der Waals surface area contributed by atoms with Gasteiger partial charge in [0.15, 0.2) is 0 Å². The number of aliphatic carboxylic acids is 1. The largest absolute Gasteiger partial charge is 0.481 e. The predicted molar refractivity (Wildman–Crippen MR) is 121 cm³/mol. The van der Waals surface area contributed by atoms with E-state index < -0.39 is 24.1 Å². The molecule has 0 radical (unpaired) electrons. The number of carboxylic acid groups (broad SMARTS) is 1. The lowest BCUT2D eigenvalue weighted by Crippen LogP contribution is -2.51. The summed E-state index contributed by atoms with van der Waals surface area (Å²) >= 11 is 0. The molecule has 1 fully saturated rings. The highest BCUT2D eigenvalue weighted by Gasteiger charge is 2.31. The van der Waals surface area contributed by atoms with Gasteiger partial charge in [-0.3, -0.25) is 9.59 Å². The third-order valence-corrected chi connectivity index (χ3v) is 6.15. The number of rotatable bonds is 7. The van der Waals surface area contributed by atoms with E-state index in [0.29, 0.717) is 13.2 Å². The number of ether oxygens (including phenoxy) is 2. The van der Waals surface area contributed by atoms with Gasteiger partial charge in [-0.05, 0) is 29.2 Å². The molecule has 0 bridgehead atoms. The number of hydrogen-bond donors (Lipinski definition) is 2. The smallest absolute Gasteiger partial charge is 0.407 e. The number of nitrogens with zero attached hydrogens (tertiary/aromatic N) is 1. The van der Waals surface area contributed by atoms with Crippen molar-refractivity contribution in [3.05, 3.63) is 59.7 Å². The fraction of sp³-hybridized carbons (Fsp3) is 0.400. The van der Waals surface area contributed by atoms with Crippen molar-refractivity contribution in [1.82, 2.24) is 10.2 Å². The first-order valence-corrected chi connectivity index (χ1v) is 11.1. The zero-order valence-electron chi connectivity index (χ0n) is 18.5. The Morgan fingerprint density at radius 3 is 2.39 bits per heavy atom. The lowest BCUT2D eigenvalue weighted by atomic mass is 9.98. The molecule has 1 heterocycles. The van der Waals surface area contributed by atoms with Crippen molar-refractivity contribution >= 4 is 18.0 Å². The van der Waals surface area contributed by atoms with E-state index >= 15 is 0 Å². The van der Waals surface area contributed by atoms with Gasteiger partial charge in [0, 0.05) is 24.9 Å². The molecule has 1 aliphatic heterocycles. The van der Waals surface area contributed by atoms with Gasteiger partial charge in [0.1, 0.15) is 6.61 Å². The summed E-state index contributed by atoms with van der Waals surface area (Å²) in [5.41, 5.74) is 4.57. The maximum absolute atomic E-state index is 12.7. The van der Waals surface area contributed by atoms with Gasteiger partial charge in [-0.25, -0.2) is 4.79 Å². The van der Waals surface area contributed by atoms with Crippen LogP contribution in [0.25, 0.3) is 11.1 Å². The molecule has 2 amide bonds. The Bertz CT molecular complexity index is 994. The van der Waals surface area contributed by atoms with Crippen LogP contribution in [0.3, 0.4) is 0 Å². The number of carboxylic acids is 1. The second-order valence-corrected chi connectivity index (χ2v) is 8.49. The Hall–Kier alpha value is -3.39. The van der Waals surface area contributed by atoms with Crippen molar-refractivity contribution < 1.29 is 29.0 Å². The number of alkyl carbamates (subject to hydrolysis) is 1. The minimum atomic E-state index is -0.979. The van der Waals surface area contributed by atoms with Crippen LogP contribution in [0.2, 0.25) is 0 Å². The first kappa shape index (κ1) is 22.8. The van der Waals surface area contributed by atoms with Crippen LogP contribution >= 0.6 is 0 Å². The molecular weight excluding hydrogens is 424 g/mol. The first-order chi connectivity index (χ1) is 15.9. The van der Waals surface area contributed by atoms with Crippen molar-refractivity contribution in [2.45, 2.75) is 37.8 Å². The summed E-state index contributed by atoms with van der Waals surface area (Å²) in [6, 6.07) is 15.3. The predicted octanol–water partition coefficient (Wildman–Crippen LogP) is 3.01. The third kappa shape index (κ3) is 5.17. The van der Waals surface area contributed by atoms with Crippen LogP contribution in [0.4, 0.5) is 4.79 Å². The highest BCUT2D eigenvalue weighted by Crippen LogP contribution is 2.44. The number of hydrogen-bond acceptors (Lipinski definition) is 5. The zero-order chi connectivity index (χ0) is 23.4. The monoisotopic (exact) mass is 452 g/mol. The molecule has 8 heteroatoms. The van der Waals surface area contributed by atoms with Crippen LogP contribution < -0.4 is 5.32 Å². The molecule has 2 atom stereocenters. The molecule has 174 valence electrons. The normalized spacial score (nSPS) is 18.2. The molecule has 2 aromatic rings. The standard InChI is InChI=1S/C25H28N2O6/c1-16(12-23(28)27-10-11-32-14-17(27)13-24(29)30)26-25(31)33-15-22-20-8-4-2-6-18(20)19-7-3-5-9-21(19)22/h2-9,16-17,22H,10-15H2,1H3,(H,26,31)(H,29,30). The van der Waals surface area contributed by atoms with Crippen molar-refractivity contribution in [1.29, 1.82) is 0 Å². The highest BCUT2D eigenvalue weighted by molar-refractivity contribution is 5.80. The average Bonchev–Trinajstić information content (AvgIpc) is 3.11. The zero-order valence-corrected chi connectivity index (χ0v) is 18.5. The number of amides is 2. The SMILES string of the molecule is CC(CC(=O)N1CCOCC1CC(=O)O)NC(=O)OCC1c2ccccc2-c2ccccc21. The second-order valence-electron chi connectivity index (χ2n) is 8.49. The summed E-state index contributed by atoms with van der Waals surface area (Å²) in [6.45, 7) is 2.84. The summed E-state index contributed by atoms with van der Waals surface area (Å²) in [5, 5.41) is 11.8. The van der Waals surface area contributed by atoms with Gasteiger partial charge in [0.2, 0.25) is 5.91 Å².